The van der Waals surface area contributed by atoms with Crippen LogP contribution in [0.25, 0.3) is 0 Å². The molecule has 106 valence electrons. The van der Waals surface area contributed by atoms with Gasteiger partial charge in [-0.05, 0) is 42.0 Å². The van der Waals surface area contributed by atoms with Gasteiger partial charge in [-0.3, -0.25) is 4.79 Å². The molecule has 0 aliphatic carbocycles. The molecule has 0 radical (unpaired) electrons. The summed E-state index contributed by atoms with van der Waals surface area (Å²) in [5, 5.41) is 4.94. The Morgan fingerprint density at radius 2 is 1.95 bits per heavy atom. The Balaban J connectivity index is 2.01. The Bertz CT molecular complexity index is 550. The minimum absolute atomic E-state index is 0.0191. The van der Waals surface area contributed by atoms with Crippen LogP contribution in [0.4, 0.5) is 5.69 Å². The summed E-state index contributed by atoms with van der Waals surface area (Å²) in [5.41, 5.74) is 2.01. The molecular weight excluding hydrogens is 290 g/mol. The van der Waals surface area contributed by atoms with Crippen molar-refractivity contribution in [2.24, 2.45) is 0 Å². The van der Waals surface area contributed by atoms with Crippen LogP contribution in [0.1, 0.15) is 36.1 Å². The van der Waals surface area contributed by atoms with Gasteiger partial charge in [-0.2, -0.15) is 0 Å². The van der Waals surface area contributed by atoms with Crippen molar-refractivity contribution in [2.45, 2.75) is 25.7 Å². The van der Waals surface area contributed by atoms with E-state index in [-0.39, 0.29) is 11.8 Å². The Kier molecular flexibility index (Phi) is 5.21. The summed E-state index contributed by atoms with van der Waals surface area (Å²) in [5.74, 6) is 0.815. The fourth-order valence-electron chi connectivity index (χ4n) is 1.90. The second-order valence-electron chi connectivity index (χ2n) is 4.90. The lowest BCUT2D eigenvalue weighted by atomic mass is 10.0. The second kappa shape index (κ2) is 6.91. The van der Waals surface area contributed by atoms with Crippen LogP contribution in [0.3, 0.4) is 0 Å². The number of hydrogen-bond acceptors (Lipinski definition) is 2. The predicted octanol–water partition coefficient (Wildman–Crippen LogP) is 4.83. The molecule has 0 bridgehead atoms. The molecule has 2 aromatic rings. The number of benzene rings is 1. The molecule has 0 aliphatic heterocycles. The summed E-state index contributed by atoms with van der Waals surface area (Å²) in [4.78, 5) is 13.2. The molecule has 2 unspecified atom stereocenters. The van der Waals surface area contributed by atoms with E-state index in [0.29, 0.717) is 11.8 Å². The molecule has 0 aliphatic rings. The number of anilines is 1. The minimum Gasteiger partial charge on any atom is -0.326 e. The van der Waals surface area contributed by atoms with Crippen LogP contribution in [-0.4, -0.2) is 11.8 Å². The summed E-state index contributed by atoms with van der Waals surface area (Å²) in [6.45, 7) is 4.00. The normalized spacial score (nSPS) is 13.8. The van der Waals surface area contributed by atoms with Crippen LogP contribution in [0, 0.1) is 0 Å². The number of hydrogen-bond donors (Lipinski definition) is 1. The molecule has 2 atom stereocenters. The van der Waals surface area contributed by atoms with E-state index in [9.17, 15) is 4.79 Å². The largest absolute Gasteiger partial charge is 0.326 e. The van der Waals surface area contributed by atoms with Gasteiger partial charge < -0.3 is 5.32 Å². The molecule has 1 amide bonds. The summed E-state index contributed by atoms with van der Waals surface area (Å²) < 4.78 is 0. The van der Waals surface area contributed by atoms with Gasteiger partial charge in [0.05, 0.1) is 5.92 Å². The van der Waals surface area contributed by atoms with Crippen LogP contribution in [0.15, 0.2) is 41.8 Å². The third-order valence-electron chi connectivity index (χ3n) is 3.34. The van der Waals surface area contributed by atoms with Gasteiger partial charge in [0.15, 0.2) is 0 Å². The number of carbonyl (C=O) groups excluding carboxylic acids is 1. The van der Waals surface area contributed by atoms with E-state index < -0.39 is 0 Å². The third kappa shape index (κ3) is 3.62. The van der Waals surface area contributed by atoms with E-state index in [0.717, 1.165) is 10.6 Å². The molecule has 2 rings (SSSR count). The molecule has 1 N–H and O–H groups in total. The van der Waals surface area contributed by atoms with Crippen LogP contribution in [0.5, 0.6) is 0 Å². The zero-order valence-corrected chi connectivity index (χ0v) is 13.2. The molecule has 0 saturated carbocycles. The van der Waals surface area contributed by atoms with Gasteiger partial charge in [0.1, 0.15) is 0 Å². The molecule has 1 heterocycles. The van der Waals surface area contributed by atoms with Crippen molar-refractivity contribution in [1.82, 2.24) is 0 Å². The third-order valence-corrected chi connectivity index (χ3v) is 4.86. The van der Waals surface area contributed by atoms with Crippen molar-refractivity contribution < 1.29 is 4.79 Å². The number of thiophene rings is 1. The standard InChI is InChI=1S/C16H18ClNOS/c1-11(10-17)13-5-7-14(8-6-13)18-16(19)12(2)15-4-3-9-20-15/h3-9,11-12H,10H2,1-2H3,(H,18,19). The van der Waals surface area contributed by atoms with E-state index in [1.54, 1.807) is 11.3 Å². The van der Waals surface area contributed by atoms with Gasteiger partial charge in [-0.15, -0.1) is 22.9 Å². The van der Waals surface area contributed by atoms with Crippen molar-refractivity contribution >= 4 is 34.5 Å². The zero-order chi connectivity index (χ0) is 14.5. The number of rotatable bonds is 5. The smallest absolute Gasteiger partial charge is 0.232 e. The Hall–Kier alpha value is -1.32. The summed E-state index contributed by atoms with van der Waals surface area (Å²) in [7, 11) is 0. The molecule has 1 aromatic heterocycles. The lowest BCUT2D eigenvalue weighted by Gasteiger charge is -2.12. The second-order valence-corrected chi connectivity index (χ2v) is 6.19. The highest BCUT2D eigenvalue weighted by Crippen LogP contribution is 2.23. The fraction of sp³-hybridized carbons (Fsp3) is 0.312. The summed E-state index contributed by atoms with van der Waals surface area (Å²) in [6.07, 6.45) is 0. The number of amides is 1. The van der Waals surface area contributed by atoms with Gasteiger partial charge in [-0.25, -0.2) is 0 Å². The van der Waals surface area contributed by atoms with Gasteiger partial charge in [0.25, 0.3) is 0 Å². The maximum atomic E-state index is 12.2. The Labute approximate surface area is 128 Å². The van der Waals surface area contributed by atoms with Gasteiger partial charge >= 0.3 is 0 Å². The maximum absolute atomic E-state index is 12.2. The van der Waals surface area contributed by atoms with E-state index in [4.69, 9.17) is 11.6 Å². The van der Waals surface area contributed by atoms with Gasteiger partial charge in [0.2, 0.25) is 5.91 Å². The minimum atomic E-state index is -0.128. The van der Waals surface area contributed by atoms with Crippen LogP contribution < -0.4 is 5.32 Å². The van der Waals surface area contributed by atoms with Crippen molar-refractivity contribution in [3.8, 4) is 0 Å². The average molecular weight is 308 g/mol. The topological polar surface area (TPSA) is 29.1 Å². The number of nitrogens with one attached hydrogen (secondary N) is 1. The van der Waals surface area contributed by atoms with Crippen molar-refractivity contribution in [2.75, 3.05) is 11.2 Å². The van der Waals surface area contributed by atoms with Crippen molar-refractivity contribution in [1.29, 1.82) is 0 Å². The molecule has 1 aromatic carbocycles. The van der Waals surface area contributed by atoms with E-state index in [1.165, 1.54) is 5.56 Å². The van der Waals surface area contributed by atoms with Crippen LogP contribution in [-0.2, 0) is 4.79 Å². The van der Waals surface area contributed by atoms with Crippen LogP contribution >= 0.6 is 22.9 Å². The fourth-order valence-corrected chi connectivity index (χ4v) is 2.86. The van der Waals surface area contributed by atoms with Crippen molar-refractivity contribution in [3.63, 3.8) is 0 Å². The quantitative estimate of drug-likeness (QED) is 0.787. The highest BCUT2D eigenvalue weighted by molar-refractivity contribution is 7.10. The van der Waals surface area contributed by atoms with E-state index in [2.05, 4.69) is 12.2 Å². The molecule has 4 heteroatoms. The molecular formula is C16H18ClNOS. The van der Waals surface area contributed by atoms with Gasteiger partial charge in [0, 0.05) is 16.4 Å². The Morgan fingerprint density at radius 3 is 2.50 bits per heavy atom. The summed E-state index contributed by atoms with van der Waals surface area (Å²) >= 11 is 7.44. The van der Waals surface area contributed by atoms with Crippen molar-refractivity contribution in [3.05, 3.63) is 52.2 Å². The van der Waals surface area contributed by atoms with Gasteiger partial charge in [-0.1, -0.05) is 25.1 Å². The first-order valence-electron chi connectivity index (χ1n) is 6.62. The SMILES string of the molecule is CC(CCl)c1ccc(NC(=O)C(C)c2cccs2)cc1. The molecule has 0 spiro atoms. The lowest BCUT2D eigenvalue weighted by molar-refractivity contribution is -0.117. The maximum Gasteiger partial charge on any atom is 0.232 e. The average Bonchev–Trinajstić information content (AvgIpc) is 3.00. The number of carbonyl (C=O) groups is 1. The Morgan fingerprint density at radius 1 is 1.25 bits per heavy atom. The van der Waals surface area contributed by atoms with Crippen LogP contribution in [0.2, 0.25) is 0 Å². The molecule has 2 nitrogen and oxygen atoms in total. The first-order valence-corrected chi connectivity index (χ1v) is 8.03. The van der Waals surface area contributed by atoms with E-state index in [1.807, 2.05) is 48.7 Å². The predicted molar refractivity (Wildman–Crippen MR) is 86.9 cm³/mol. The first kappa shape index (κ1) is 15.1. The number of alkyl halides is 1. The first-order chi connectivity index (χ1) is 9.61. The molecule has 0 saturated heterocycles. The van der Waals surface area contributed by atoms with E-state index >= 15 is 0 Å². The highest BCUT2D eigenvalue weighted by atomic mass is 35.5. The molecule has 0 fully saturated rings. The lowest BCUT2D eigenvalue weighted by Crippen LogP contribution is -2.18. The monoisotopic (exact) mass is 307 g/mol. The summed E-state index contributed by atoms with van der Waals surface area (Å²) in [6, 6.07) is 11.8. The highest BCUT2D eigenvalue weighted by Gasteiger charge is 2.16. The zero-order valence-electron chi connectivity index (χ0n) is 11.6. The molecule has 20 heavy (non-hydrogen) atoms. The number of halogens is 1.